The topological polar surface area (TPSA) is 90.2 Å². The molecule has 11 heteroatoms. The fourth-order valence-electron chi connectivity index (χ4n) is 3.08. The number of nitrogens with zero attached hydrogens (tertiary/aromatic N) is 5. The zero-order valence-electron chi connectivity index (χ0n) is 15.1. The maximum absolute atomic E-state index is 13.9. The number of halogens is 2. The van der Waals surface area contributed by atoms with Gasteiger partial charge in [-0.3, -0.25) is 0 Å². The minimum absolute atomic E-state index is 0.127. The Morgan fingerprint density at radius 3 is 2.52 bits per heavy atom. The zero-order valence-corrected chi connectivity index (χ0v) is 16.0. The number of hydrogen-bond donors (Lipinski definition) is 0. The van der Waals surface area contributed by atoms with Gasteiger partial charge < -0.3 is 4.74 Å². The summed E-state index contributed by atoms with van der Waals surface area (Å²) in [5.74, 6) is -0.920. The van der Waals surface area contributed by atoms with Crippen LogP contribution in [-0.4, -0.2) is 51.9 Å². The fourth-order valence-corrected chi connectivity index (χ4v) is 4.62. The van der Waals surface area contributed by atoms with E-state index in [-0.39, 0.29) is 19.2 Å². The first-order chi connectivity index (χ1) is 13.9. The average molecular weight is 421 g/mol. The second-order valence-electron chi connectivity index (χ2n) is 6.48. The summed E-state index contributed by atoms with van der Waals surface area (Å²) in [6.45, 7) is 0.253. The summed E-state index contributed by atoms with van der Waals surface area (Å²) in [4.78, 5) is -0.656. The molecule has 0 saturated carbocycles. The highest BCUT2D eigenvalue weighted by Gasteiger charge is 2.32. The summed E-state index contributed by atoms with van der Waals surface area (Å²) in [6, 6.07) is 7.53. The molecule has 152 valence electrons. The van der Waals surface area contributed by atoms with Gasteiger partial charge in [0.2, 0.25) is 15.9 Å². The van der Waals surface area contributed by atoms with Crippen LogP contribution in [0.25, 0.3) is 5.82 Å². The van der Waals surface area contributed by atoms with E-state index in [9.17, 15) is 17.2 Å². The van der Waals surface area contributed by atoms with Crippen LogP contribution in [0.4, 0.5) is 8.78 Å². The van der Waals surface area contributed by atoms with Crippen molar-refractivity contribution in [1.29, 1.82) is 0 Å². The minimum atomic E-state index is -4.12. The van der Waals surface area contributed by atoms with Crippen LogP contribution in [0.2, 0.25) is 0 Å². The molecular weight excluding hydrogens is 404 g/mol. The number of sulfonamides is 1. The van der Waals surface area contributed by atoms with E-state index < -0.39 is 26.6 Å². The molecule has 0 amide bonds. The lowest BCUT2D eigenvalue weighted by molar-refractivity contribution is 0.128. The van der Waals surface area contributed by atoms with Gasteiger partial charge in [-0.05, 0) is 43.2 Å². The van der Waals surface area contributed by atoms with Crippen molar-refractivity contribution in [3.05, 3.63) is 60.4 Å². The first-order valence-electron chi connectivity index (χ1n) is 8.89. The van der Waals surface area contributed by atoms with E-state index in [1.54, 1.807) is 35.3 Å². The van der Waals surface area contributed by atoms with Crippen LogP contribution in [0.1, 0.15) is 12.8 Å². The summed E-state index contributed by atoms with van der Waals surface area (Å²) >= 11 is 0. The molecule has 1 fully saturated rings. The third-order valence-electron chi connectivity index (χ3n) is 4.56. The highest BCUT2D eigenvalue weighted by Crippen LogP contribution is 2.25. The zero-order chi connectivity index (χ0) is 20.4. The van der Waals surface area contributed by atoms with Gasteiger partial charge in [0.05, 0.1) is 0 Å². The number of benzene rings is 1. The Hall–Kier alpha value is -2.92. The molecule has 3 heterocycles. The summed E-state index contributed by atoms with van der Waals surface area (Å²) in [5, 5.41) is 12.1. The van der Waals surface area contributed by atoms with Crippen molar-refractivity contribution in [2.24, 2.45) is 0 Å². The van der Waals surface area contributed by atoms with E-state index in [0.717, 1.165) is 16.4 Å². The van der Waals surface area contributed by atoms with E-state index in [4.69, 9.17) is 4.74 Å². The molecule has 3 aromatic rings. The lowest BCUT2D eigenvalue weighted by atomic mass is 10.1. The van der Waals surface area contributed by atoms with Crippen molar-refractivity contribution >= 4 is 10.0 Å². The molecule has 29 heavy (non-hydrogen) atoms. The Morgan fingerprint density at radius 1 is 1.07 bits per heavy atom. The predicted molar refractivity (Wildman–Crippen MR) is 97.9 cm³/mol. The quantitative estimate of drug-likeness (QED) is 0.627. The standard InChI is InChI=1S/C18H17F2N5O3S/c19-13-2-3-15(20)16(12-13)29(26,27)24-10-6-14(7-11-24)28-18-5-4-17(22-23-18)25-9-1-8-21-25/h1-5,8-9,12,14H,6-7,10-11H2. The molecule has 0 unspecified atom stereocenters. The third-order valence-corrected chi connectivity index (χ3v) is 6.48. The number of rotatable bonds is 5. The average Bonchev–Trinajstić information content (AvgIpc) is 3.26. The van der Waals surface area contributed by atoms with E-state index >= 15 is 0 Å². The predicted octanol–water partition coefficient (Wildman–Crippen LogP) is 2.17. The van der Waals surface area contributed by atoms with Gasteiger partial charge in [0.1, 0.15) is 22.6 Å². The van der Waals surface area contributed by atoms with Crippen molar-refractivity contribution in [3.63, 3.8) is 0 Å². The summed E-state index contributed by atoms with van der Waals surface area (Å²) < 4.78 is 61.0. The number of hydrogen-bond acceptors (Lipinski definition) is 6. The van der Waals surface area contributed by atoms with Crippen LogP contribution in [0, 0.1) is 11.6 Å². The molecule has 0 radical (unpaired) electrons. The van der Waals surface area contributed by atoms with Crippen molar-refractivity contribution in [1.82, 2.24) is 24.3 Å². The Bertz CT molecular complexity index is 1080. The van der Waals surface area contributed by atoms with E-state index in [1.807, 2.05) is 0 Å². The van der Waals surface area contributed by atoms with Crippen LogP contribution >= 0.6 is 0 Å². The number of aromatic nitrogens is 4. The highest BCUT2D eigenvalue weighted by molar-refractivity contribution is 7.89. The molecule has 8 nitrogen and oxygen atoms in total. The first kappa shape index (κ1) is 19.4. The third kappa shape index (κ3) is 4.10. The Labute approximate surface area is 165 Å². The van der Waals surface area contributed by atoms with Gasteiger partial charge in [0.15, 0.2) is 5.82 Å². The van der Waals surface area contributed by atoms with Crippen LogP contribution < -0.4 is 4.74 Å². The van der Waals surface area contributed by atoms with Crippen LogP contribution in [0.3, 0.4) is 0 Å². The molecule has 0 bridgehead atoms. The normalized spacial score (nSPS) is 16.1. The monoisotopic (exact) mass is 421 g/mol. The van der Waals surface area contributed by atoms with E-state index in [1.165, 1.54) is 0 Å². The molecule has 0 aliphatic carbocycles. The van der Waals surface area contributed by atoms with Crippen LogP contribution in [0.5, 0.6) is 5.88 Å². The lowest BCUT2D eigenvalue weighted by Crippen LogP contribution is -2.42. The molecule has 2 aromatic heterocycles. The second-order valence-corrected chi connectivity index (χ2v) is 8.38. The highest BCUT2D eigenvalue weighted by atomic mass is 32.2. The van der Waals surface area contributed by atoms with Gasteiger partial charge in [0, 0.05) is 31.5 Å². The largest absolute Gasteiger partial charge is 0.473 e. The van der Waals surface area contributed by atoms with Gasteiger partial charge in [-0.15, -0.1) is 10.2 Å². The number of ether oxygens (including phenoxy) is 1. The first-order valence-corrected chi connectivity index (χ1v) is 10.3. The Morgan fingerprint density at radius 2 is 1.86 bits per heavy atom. The molecule has 0 atom stereocenters. The fraction of sp³-hybridized carbons (Fsp3) is 0.278. The number of piperidine rings is 1. The Balaban J connectivity index is 1.38. The van der Waals surface area contributed by atoms with Gasteiger partial charge >= 0.3 is 0 Å². The summed E-state index contributed by atoms with van der Waals surface area (Å²) in [6.07, 6.45) is 3.88. The molecule has 1 saturated heterocycles. The minimum Gasteiger partial charge on any atom is -0.473 e. The Kier molecular flexibility index (Phi) is 5.24. The maximum Gasteiger partial charge on any atom is 0.246 e. The van der Waals surface area contributed by atoms with Gasteiger partial charge in [-0.2, -0.15) is 9.40 Å². The van der Waals surface area contributed by atoms with Gasteiger partial charge in [-0.1, -0.05) is 0 Å². The van der Waals surface area contributed by atoms with E-state index in [2.05, 4.69) is 15.3 Å². The van der Waals surface area contributed by atoms with Crippen LogP contribution in [-0.2, 0) is 10.0 Å². The molecule has 1 aliphatic heterocycles. The molecule has 0 N–H and O–H groups in total. The molecular formula is C18H17F2N5O3S. The lowest BCUT2D eigenvalue weighted by Gasteiger charge is -2.31. The maximum atomic E-state index is 13.9. The van der Waals surface area contributed by atoms with Crippen molar-refractivity contribution in [2.75, 3.05) is 13.1 Å². The molecule has 1 aromatic carbocycles. The smallest absolute Gasteiger partial charge is 0.246 e. The van der Waals surface area contributed by atoms with E-state index in [0.29, 0.717) is 30.6 Å². The van der Waals surface area contributed by atoms with Gasteiger partial charge in [-0.25, -0.2) is 21.9 Å². The van der Waals surface area contributed by atoms with Gasteiger partial charge in [0.25, 0.3) is 0 Å². The summed E-state index contributed by atoms with van der Waals surface area (Å²) in [5.41, 5.74) is 0. The van der Waals surface area contributed by atoms with Crippen molar-refractivity contribution in [3.8, 4) is 11.7 Å². The molecule has 4 rings (SSSR count). The summed E-state index contributed by atoms with van der Waals surface area (Å²) in [7, 11) is -4.12. The molecule has 0 spiro atoms. The SMILES string of the molecule is O=S(=O)(c1cc(F)ccc1F)N1CCC(Oc2ccc(-n3cccn3)nn2)CC1. The van der Waals surface area contributed by atoms with Crippen LogP contribution in [0.15, 0.2) is 53.7 Å². The molecule has 1 aliphatic rings. The van der Waals surface area contributed by atoms with Crippen molar-refractivity contribution in [2.45, 2.75) is 23.8 Å². The second kappa shape index (κ2) is 7.84. The van der Waals surface area contributed by atoms with Crippen molar-refractivity contribution < 1.29 is 21.9 Å².